The van der Waals surface area contributed by atoms with Gasteiger partial charge in [-0.05, 0) is 18.4 Å². The topological polar surface area (TPSA) is 90.1 Å². The van der Waals surface area contributed by atoms with Crippen LogP contribution in [-0.4, -0.2) is 27.6 Å². The van der Waals surface area contributed by atoms with Gasteiger partial charge in [0.05, 0.1) is 11.1 Å². The third-order valence-corrected chi connectivity index (χ3v) is 2.63. The van der Waals surface area contributed by atoms with E-state index < -0.39 is 10.6 Å². The van der Waals surface area contributed by atoms with Crippen molar-refractivity contribution in [3.05, 3.63) is 33.0 Å². The molecule has 19 heavy (non-hydrogen) atoms. The fourth-order valence-electron chi connectivity index (χ4n) is 1.49. The summed E-state index contributed by atoms with van der Waals surface area (Å²) in [7, 11) is 0. The molecule has 0 amide bonds. The van der Waals surface area contributed by atoms with E-state index in [9.17, 15) is 14.9 Å². The summed E-state index contributed by atoms with van der Waals surface area (Å²) in [5.41, 5.74) is -0.380. The Morgan fingerprint density at radius 3 is 2.68 bits per heavy atom. The first kappa shape index (κ1) is 15.3. The van der Waals surface area contributed by atoms with Gasteiger partial charge in [0.15, 0.2) is 0 Å². The van der Waals surface area contributed by atoms with Crippen molar-refractivity contribution in [3.8, 4) is 0 Å². The molecule has 1 N–H and O–H groups in total. The van der Waals surface area contributed by atoms with Gasteiger partial charge in [-0.2, -0.15) is 4.98 Å². The smallest absolute Gasteiger partial charge is 0.315 e. The zero-order valence-corrected chi connectivity index (χ0v) is 11.5. The highest BCUT2D eigenvalue weighted by Gasteiger charge is 2.10. The monoisotopic (exact) mass is 268 g/mol. The van der Waals surface area contributed by atoms with Gasteiger partial charge in [-0.1, -0.05) is 20.8 Å². The van der Waals surface area contributed by atoms with Crippen LogP contribution in [0.2, 0.25) is 0 Å². The molecule has 1 rings (SSSR count). The molecule has 0 unspecified atom stereocenters. The molecule has 1 aromatic rings. The van der Waals surface area contributed by atoms with Crippen LogP contribution in [0.5, 0.6) is 0 Å². The van der Waals surface area contributed by atoms with E-state index in [0.29, 0.717) is 13.1 Å². The molecule has 0 saturated heterocycles. The summed E-state index contributed by atoms with van der Waals surface area (Å²) < 4.78 is 1.25. The van der Waals surface area contributed by atoms with Crippen molar-refractivity contribution < 1.29 is 4.92 Å². The molecule has 7 nitrogen and oxygen atoms in total. The Morgan fingerprint density at radius 2 is 2.11 bits per heavy atom. The highest BCUT2D eigenvalue weighted by Crippen LogP contribution is 2.16. The number of aromatic nitrogens is 2. The summed E-state index contributed by atoms with van der Waals surface area (Å²) >= 11 is 0. The lowest BCUT2D eigenvalue weighted by atomic mass is 9.92. The first-order valence-corrected chi connectivity index (χ1v) is 6.21. The summed E-state index contributed by atoms with van der Waals surface area (Å²) in [5.74, 6) is 0. The molecule has 0 radical (unpaired) electrons. The van der Waals surface area contributed by atoms with Crippen molar-refractivity contribution >= 4 is 5.69 Å². The van der Waals surface area contributed by atoms with Crippen LogP contribution < -0.4 is 11.0 Å². The van der Waals surface area contributed by atoms with Gasteiger partial charge < -0.3 is 5.32 Å². The van der Waals surface area contributed by atoms with Crippen molar-refractivity contribution in [1.29, 1.82) is 0 Å². The van der Waals surface area contributed by atoms with Gasteiger partial charge in [0.1, 0.15) is 6.20 Å². The SMILES string of the molecule is CC(C)(C)CCNCCn1cc([N+](=O)[O-])cnc1=O. The van der Waals surface area contributed by atoms with Crippen molar-refractivity contribution in [3.63, 3.8) is 0 Å². The van der Waals surface area contributed by atoms with E-state index in [1.165, 1.54) is 10.8 Å². The molecule has 0 aliphatic carbocycles. The summed E-state index contributed by atoms with van der Waals surface area (Å²) in [6, 6.07) is 0. The van der Waals surface area contributed by atoms with Crippen LogP contribution >= 0.6 is 0 Å². The summed E-state index contributed by atoms with van der Waals surface area (Å²) in [4.78, 5) is 24.9. The van der Waals surface area contributed by atoms with Crippen LogP contribution in [0.1, 0.15) is 27.2 Å². The van der Waals surface area contributed by atoms with E-state index in [1.807, 2.05) is 0 Å². The first-order valence-electron chi connectivity index (χ1n) is 6.21. The van der Waals surface area contributed by atoms with Gasteiger partial charge in [0.25, 0.3) is 0 Å². The highest BCUT2D eigenvalue weighted by molar-refractivity contribution is 5.20. The maximum atomic E-state index is 11.4. The second-order valence-corrected chi connectivity index (χ2v) is 5.61. The van der Waals surface area contributed by atoms with Crippen molar-refractivity contribution in [2.24, 2.45) is 5.41 Å². The standard InChI is InChI=1S/C12H20N4O3/c1-12(2,3)4-5-13-6-7-15-9-10(16(18)19)8-14-11(15)17/h8-9,13H,4-7H2,1-3H3. The van der Waals surface area contributed by atoms with E-state index in [1.54, 1.807) is 0 Å². The zero-order valence-electron chi connectivity index (χ0n) is 11.5. The minimum absolute atomic E-state index is 0.172. The molecule has 0 aliphatic rings. The molecule has 7 heteroatoms. The average Bonchev–Trinajstić information content (AvgIpc) is 2.29. The fraction of sp³-hybridized carbons (Fsp3) is 0.667. The lowest BCUT2D eigenvalue weighted by Gasteiger charge is -2.18. The summed E-state index contributed by atoms with van der Waals surface area (Å²) in [5, 5.41) is 13.8. The molecule has 0 fully saturated rings. The third-order valence-electron chi connectivity index (χ3n) is 2.63. The normalized spacial score (nSPS) is 11.5. The van der Waals surface area contributed by atoms with E-state index in [2.05, 4.69) is 31.1 Å². The molecule has 0 saturated carbocycles. The Labute approximate surface area is 111 Å². The zero-order chi connectivity index (χ0) is 14.5. The second kappa shape index (κ2) is 6.42. The predicted octanol–water partition coefficient (Wildman–Crippen LogP) is 1.18. The molecule has 1 aromatic heterocycles. The first-order chi connectivity index (χ1) is 8.79. The van der Waals surface area contributed by atoms with E-state index in [0.717, 1.165) is 19.2 Å². The van der Waals surface area contributed by atoms with Crippen LogP contribution in [0, 0.1) is 15.5 Å². The lowest BCUT2D eigenvalue weighted by Crippen LogP contribution is -2.29. The molecule has 1 heterocycles. The fourth-order valence-corrected chi connectivity index (χ4v) is 1.49. The van der Waals surface area contributed by atoms with Crippen LogP contribution in [-0.2, 0) is 6.54 Å². The number of hydrogen-bond donors (Lipinski definition) is 1. The Morgan fingerprint density at radius 1 is 1.42 bits per heavy atom. The Hall–Kier alpha value is -1.76. The quantitative estimate of drug-likeness (QED) is 0.475. The molecule has 0 aromatic carbocycles. The summed E-state index contributed by atoms with van der Waals surface area (Å²) in [6.45, 7) is 8.27. The molecule has 106 valence electrons. The third kappa shape index (κ3) is 5.60. The molecular formula is C12H20N4O3. The summed E-state index contributed by atoms with van der Waals surface area (Å²) in [6.07, 6.45) is 3.22. The number of rotatable bonds is 6. The number of nitro groups is 1. The van der Waals surface area contributed by atoms with Gasteiger partial charge in [0, 0.05) is 13.1 Å². The Balaban J connectivity index is 2.47. The number of nitrogens with one attached hydrogen (secondary N) is 1. The predicted molar refractivity (Wildman–Crippen MR) is 72.1 cm³/mol. The minimum atomic E-state index is -0.560. The van der Waals surface area contributed by atoms with Crippen LogP contribution in [0.25, 0.3) is 0 Å². The molecular weight excluding hydrogens is 248 g/mol. The van der Waals surface area contributed by atoms with Gasteiger partial charge in [-0.15, -0.1) is 0 Å². The van der Waals surface area contributed by atoms with Gasteiger partial charge in [-0.3, -0.25) is 14.7 Å². The average molecular weight is 268 g/mol. The van der Waals surface area contributed by atoms with E-state index >= 15 is 0 Å². The molecule has 0 atom stereocenters. The van der Waals surface area contributed by atoms with Crippen molar-refractivity contribution in [2.75, 3.05) is 13.1 Å². The molecule has 0 spiro atoms. The lowest BCUT2D eigenvalue weighted by molar-refractivity contribution is -0.385. The van der Waals surface area contributed by atoms with E-state index in [-0.39, 0.29) is 11.1 Å². The van der Waals surface area contributed by atoms with Gasteiger partial charge in [0.2, 0.25) is 0 Å². The Kier molecular flexibility index (Phi) is 5.17. The molecule has 0 bridgehead atoms. The van der Waals surface area contributed by atoms with E-state index in [4.69, 9.17) is 0 Å². The van der Waals surface area contributed by atoms with Crippen molar-refractivity contribution in [1.82, 2.24) is 14.9 Å². The number of nitrogens with zero attached hydrogens (tertiary/aromatic N) is 3. The number of hydrogen-bond acceptors (Lipinski definition) is 5. The highest BCUT2D eigenvalue weighted by atomic mass is 16.6. The van der Waals surface area contributed by atoms with Gasteiger partial charge >= 0.3 is 11.4 Å². The second-order valence-electron chi connectivity index (χ2n) is 5.61. The maximum Gasteiger partial charge on any atom is 0.348 e. The largest absolute Gasteiger partial charge is 0.348 e. The van der Waals surface area contributed by atoms with Crippen molar-refractivity contribution in [2.45, 2.75) is 33.7 Å². The van der Waals surface area contributed by atoms with Crippen LogP contribution in [0.3, 0.4) is 0 Å². The molecule has 0 aliphatic heterocycles. The van der Waals surface area contributed by atoms with Gasteiger partial charge in [-0.25, -0.2) is 4.79 Å². The Bertz CT molecular complexity index is 490. The minimum Gasteiger partial charge on any atom is -0.315 e. The van der Waals surface area contributed by atoms with Crippen LogP contribution in [0.4, 0.5) is 5.69 Å². The maximum absolute atomic E-state index is 11.4. The van der Waals surface area contributed by atoms with Crippen LogP contribution in [0.15, 0.2) is 17.2 Å².